The third kappa shape index (κ3) is 11.1. The van der Waals surface area contributed by atoms with Gasteiger partial charge < -0.3 is 46.9 Å². The summed E-state index contributed by atoms with van der Waals surface area (Å²) in [5.41, 5.74) is 12.6. The lowest BCUT2D eigenvalue weighted by molar-refractivity contribution is -0.142. The maximum Gasteiger partial charge on any atom is 0.321 e. The number of anilines is 4. The quantitative estimate of drug-likeness (QED) is 0.0531. The molecule has 1 aliphatic rings. The van der Waals surface area contributed by atoms with Crippen molar-refractivity contribution < 1.29 is 33.8 Å². The van der Waals surface area contributed by atoms with Crippen molar-refractivity contribution in [3.05, 3.63) is 125 Å². The van der Waals surface area contributed by atoms with Gasteiger partial charge in [0, 0.05) is 75.9 Å². The number of hydrogen-bond acceptors (Lipinski definition) is 16. The molecule has 0 radical (unpaired) electrons. The van der Waals surface area contributed by atoms with Crippen LogP contribution in [0.15, 0.2) is 95.9 Å². The standard InChI is InChI=1S/C47H50N14O7/c1-27-32(33-8-4-10-35(28(33)2)55-43(65)37-16-14-30(24-53-37)25-60-26-31(62)21-38(60)44(66)67)7-3-9-34(27)54-42(64)36-15-13-29(23-52-36)22-49-18-19-50-40(63)12-5-17-51-46-57-45(48)61-47(58-46)56-41(59-61)39-11-6-20-68-39/h3-4,6-11,13-16,20,23-24,31,38,49,62H,5,12,17-19,21-22,25-26H2,1-2H3,(H,50,63)(H,54,64)(H,55,65)(H,66,67)(H3,48,51,56,57,58,59)/t31-,38+/m1/s1. The summed E-state index contributed by atoms with van der Waals surface area (Å²) in [6.45, 7) is 6.24. The molecule has 1 saturated heterocycles. The molecule has 21 heteroatoms. The summed E-state index contributed by atoms with van der Waals surface area (Å²) in [7, 11) is 0. The SMILES string of the molecule is Cc1c(NC(=O)c2ccc(CNCCNC(=O)CCCNc3nc(N)n4nc(-c5ccco5)nc4n3)cn2)cccc1-c1cccc(NC(=O)c2ccc(CN3C[C@H](O)C[C@H]3C(=O)O)cn2)c1C. The largest absolute Gasteiger partial charge is 0.480 e. The van der Waals surface area contributed by atoms with Crippen molar-refractivity contribution in [3.8, 4) is 22.7 Å². The number of nitrogens with one attached hydrogen (secondary N) is 5. The Morgan fingerprint density at radius 2 is 1.49 bits per heavy atom. The smallest absolute Gasteiger partial charge is 0.321 e. The highest BCUT2D eigenvalue weighted by Crippen LogP contribution is 2.34. The van der Waals surface area contributed by atoms with Crippen LogP contribution in [0.1, 0.15) is 62.5 Å². The summed E-state index contributed by atoms with van der Waals surface area (Å²) in [6, 6.07) is 20.7. The van der Waals surface area contributed by atoms with Crippen LogP contribution in [-0.2, 0) is 22.7 Å². The minimum Gasteiger partial charge on any atom is -0.480 e. The van der Waals surface area contributed by atoms with E-state index in [2.05, 4.69) is 56.6 Å². The van der Waals surface area contributed by atoms with Crippen molar-refractivity contribution in [2.45, 2.75) is 58.3 Å². The van der Waals surface area contributed by atoms with Gasteiger partial charge in [-0.05, 0) is 90.0 Å². The van der Waals surface area contributed by atoms with Crippen LogP contribution in [0.5, 0.6) is 0 Å². The molecule has 1 fully saturated rings. The number of carbonyl (C=O) groups excluding carboxylic acids is 3. The number of nitrogens with two attached hydrogens (primary N) is 1. The lowest BCUT2D eigenvalue weighted by Gasteiger charge is -2.20. The van der Waals surface area contributed by atoms with Gasteiger partial charge in [-0.15, -0.1) is 5.10 Å². The number of likely N-dealkylation sites (tertiary alicyclic amines) is 1. The van der Waals surface area contributed by atoms with Gasteiger partial charge in [0.1, 0.15) is 17.4 Å². The highest BCUT2D eigenvalue weighted by molar-refractivity contribution is 6.05. The molecule has 68 heavy (non-hydrogen) atoms. The molecule has 8 rings (SSSR count). The molecule has 5 aromatic heterocycles. The molecule has 2 atom stereocenters. The maximum atomic E-state index is 13.3. The fourth-order valence-corrected chi connectivity index (χ4v) is 7.81. The van der Waals surface area contributed by atoms with Crippen LogP contribution in [0.25, 0.3) is 28.5 Å². The number of amides is 3. The lowest BCUT2D eigenvalue weighted by atomic mass is 9.94. The zero-order valence-electron chi connectivity index (χ0n) is 37.3. The van der Waals surface area contributed by atoms with Gasteiger partial charge in [-0.3, -0.25) is 34.0 Å². The zero-order chi connectivity index (χ0) is 47.7. The van der Waals surface area contributed by atoms with Crippen LogP contribution >= 0.6 is 0 Å². The molecule has 3 amide bonds. The minimum absolute atomic E-state index is 0.0922. The first-order chi connectivity index (χ1) is 32.9. The monoisotopic (exact) mass is 922 g/mol. The number of nitrogens with zero attached hydrogens (tertiary/aromatic N) is 8. The number of pyridine rings is 2. The molecule has 0 unspecified atom stereocenters. The second-order valence-corrected chi connectivity index (χ2v) is 16.2. The predicted octanol–water partition coefficient (Wildman–Crippen LogP) is 4.06. The molecule has 2 aromatic carbocycles. The van der Waals surface area contributed by atoms with Gasteiger partial charge in [0.05, 0.1) is 12.4 Å². The van der Waals surface area contributed by atoms with Crippen molar-refractivity contribution >= 4 is 52.7 Å². The lowest BCUT2D eigenvalue weighted by Crippen LogP contribution is -2.35. The molecular formula is C47H50N14O7. The molecule has 0 spiro atoms. The number of benzene rings is 2. The Kier molecular flexibility index (Phi) is 14.3. The molecule has 0 saturated carbocycles. The summed E-state index contributed by atoms with van der Waals surface area (Å²) in [5.74, 6) is -0.376. The first-order valence-corrected chi connectivity index (χ1v) is 21.9. The van der Waals surface area contributed by atoms with Gasteiger partial charge in [-0.25, -0.2) is 0 Å². The Hall–Kier alpha value is -8.14. The minimum atomic E-state index is -0.984. The van der Waals surface area contributed by atoms with Crippen LogP contribution in [0, 0.1) is 13.8 Å². The molecular weight excluding hydrogens is 873 g/mol. The van der Waals surface area contributed by atoms with Crippen LogP contribution in [0.2, 0.25) is 0 Å². The molecule has 6 heterocycles. The number of carbonyl (C=O) groups is 4. The van der Waals surface area contributed by atoms with E-state index in [1.54, 1.807) is 53.7 Å². The maximum absolute atomic E-state index is 13.3. The Labute approximate surface area is 389 Å². The van der Waals surface area contributed by atoms with Crippen LogP contribution in [-0.4, -0.2) is 112 Å². The van der Waals surface area contributed by atoms with Crippen molar-refractivity contribution in [2.24, 2.45) is 0 Å². The van der Waals surface area contributed by atoms with E-state index in [0.29, 0.717) is 62.0 Å². The van der Waals surface area contributed by atoms with E-state index in [0.717, 1.165) is 33.4 Å². The number of hydrogen-bond donors (Lipinski definition) is 8. The van der Waals surface area contributed by atoms with Crippen LogP contribution < -0.4 is 32.3 Å². The first kappa shape index (κ1) is 46.4. The van der Waals surface area contributed by atoms with Gasteiger partial charge in [-0.1, -0.05) is 36.4 Å². The third-order valence-electron chi connectivity index (χ3n) is 11.4. The molecule has 0 aliphatic carbocycles. The average Bonchev–Trinajstić information content (AvgIpc) is 4.11. The number of fused-ring (bicyclic) bond motifs is 1. The summed E-state index contributed by atoms with van der Waals surface area (Å²) >= 11 is 0. The zero-order valence-corrected chi connectivity index (χ0v) is 37.3. The highest BCUT2D eigenvalue weighted by Gasteiger charge is 2.36. The molecule has 9 N–H and O–H groups in total. The number of furan rings is 1. The Balaban J connectivity index is 0.762. The normalized spacial score (nSPS) is 14.8. The molecule has 0 bridgehead atoms. The fraction of sp³-hybridized carbons (Fsp3) is 0.277. The molecule has 350 valence electrons. The molecule has 21 nitrogen and oxygen atoms in total. The summed E-state index contributed by atoms with van der Waals surface area (Å²) in [6.07, 6.45) is 5.00. The third-order valence-corrected chi connectivity index (χ3v) is 11.4. The van der Waals surface area contributed by atoms with E-state index in [1.165, 1.54) is 10.8 Å². The first-order valence-electron chi connectivity index (χ1n) is 21.9. The van der Waals surface area contributed by atoms with Crippen LogP contribution in [0.3, 0.4) is 0 Å². The number of aromatic nitrogens is 7. The number of aliphatic carboxylic acids is 1. The predicted molar refractivity (Wildman–Crippen MR) is 251 cm³/mol. The van der Waals surface area contributed by atoms with Gasteiger partial charge in [-0.2, -0.15) is 19.5 Å². The van der Waals surface area contributed by atoms with E-state index in [1.807, 2.05) is 50.2 Å². The van der Waals surface area contributed by atoms with Gasteiger partial charge in [0.2, 0.25) is 23.6 Å². The molecule has 7 aromatic rings. The van der Waals surface area contributed by atoms with Gasteiger partial charge >= 0.3 is 5.97 Å². The number of carboxylic acids is 1. The summed E-state index contributed by atoms with van der Waals surface area (Å²) < 4.78 is 6.66. The van der Waals surface area contributed by atoms with Crippen molar-refractivity contribution in [1.82, 2.24) is 50.1 Å². The average molecular weight is 923 g/mol. The summed E-state index contributed by atoms with van der Waals surface area (Å²) in [4.78, 5) is 74.0. The second-order valence-electron chi connectivity index (χ2n) is 16.2. The van der Waals surface area contributed by atoms with Crippen molar-refractivity contribution in [3.63, 3.8) is 0 Å². The molecule has 1 aliphatic heterocycles. The van der Waals surface area contributed by atoms with Gasteiger partial charge in [0.15, 0.2) is 5.76 Å². The number of carboxylic acid groups (broad SMARTS) is 1. The Bertz CT molecular complexity index is 2920. The van der Waals surface area contributed by atoms with E-state index < -0.39 is 24.0 Å². The van der Waals surface area contributed by atoms with E-state index >= 15 is 0 Å². The Morgan fingerprint density at radius 1 is 0.809 bits per heavy atom. The highest BCUT2D eigenvalue weighted by atomic mass is 16.4. The van der Waals surface area contributed by atoms with Gasteiger partial charge in [0.25, 0.3) is 17.6 Å². The summed E-state index contributed by atoms with van der Waals surface area (Å²) in [5, 5.41) is 38.9. The van der Waals surface area contributed by atoms with Crippen molar-refractivity contribution in [1.29, 1.82) is 0 Å². The van der Waals surface area contributed by atoms with E-state index in [4.69, 9.17) is 10.2 Å². The second kappa shape index (κ2) is 21.0. The number of aliphatic hydroxyl groups is 1. The fourth-order valence-electron chi connectivity index (χ4n) is 7.81. The number of nitrogen functional groups attached to an aromatic ring is 1. The Morgan fingerprint density at radius 3 is 2.10 bits per heavy atom. The number of β-amino-alcohol motifs (C(OH)–C–C–N with tert-alkyl or cyclic N) is 1. The van der Waals surface area contributed by atoms with E-state index in [9.17, 15) is 29.4 Å². The van der Waals surface area contributed by atoms with Crippen molar-refractivity contribution in [2.75, 3.05) is 47.9 Å². The number of aliphatic hydroxyl groups excluding tert-OH is 1. The number of rotatable bonds is 19. The van der Waals surface area contributed by atoms with Crippen LogP contribution in [0.4, 0.5) is 23.3 Å². The topological polar surface area (TPSA) is 293 Å². The van der Waals surface area contributed by atoms with E-state index in [-0.39, 0.29) is 60.4 Å².